The molecule has 92 valence electrons. The summed E-state index contributed by atoms with van der Waals surface area (Å²) >= 11 is 0. The topological polar surface area (TPSA) is 0 Å². The van der Waals surface area contributed by atoms with Crippen molar-refractivity contribution in [3.8, 4) is 0 Å². The third-order valence-corrected chi connectivity index (χ3v) is 4.09. The highest BCUT2D eigenvalue weighted by atomic mass is 14.2. The lowest BCUT2D eigenvalue weighted by atomic mass is 9.85. The van der Waals surface area contributed by atoms with Crippen LogP contribution in [0.4, 0.5) is 0 Å². The summed E-state index contributed by atoms with van der Waals surface area (Å²) in [5, 5.41) is 2.94. The molecule has 0 unspecified atom stereocenters. The number of benzene rings is 1. The summed E-state index contributed by atoms with van der Waals surface area (Å²) < 4.78 is 0. The molecule has 0 bridgehead atoms. The van der Waals surface area contributed by atoms with Crippen LogP contribution >= 0.6 is 0 Å². The molecule has 0 heteroatoms. The minimum atomic E-state index is 1.18. The zero-order valence-electron chi connectivity index (χ0n) is 11.3. The Morgan fingerprint density at radius 3 is 2.61 bits per heavy atom. The molecular weight excluding hydrogens is 216 g/mol. The molecule has 0 amide bonds. The average Bonchev–Trinajstić information content (AvgIpc) is 2.43. The zero-order chi connectivity index (χ0) is 12.5. The highest BCUT2D eigenvalue weighted by molar-refractivity contribution is 5.69. The number of hydrogen-bond donors (Lipinski definition) is 0. The minimum Gasteiger partial charge on any atom is -0.0870 e. The van der Waals surface area contributed by atoms with Crippen LogP contribution in [0.15, 0.2) is 12.2 Å². The molecule has 3 rings (SSSR count). The lowest BCUT2D eigenvalue weighted by molar-refractivity contribution is 0.959. The summed E-state index contributed by atoms with van der Waals surface area (Å²) in [7, 11) is 0. The van der Waals surface area contributed by atoms with E-state index >= 15 is 0 Å². The Morgan fingerprint density at radius 2 is 1.83 bits per heavy atom. The van der Waals surface area contributed by atoms with Gasteiger partial charge >= 0.3 is 0 Å². The van der Waals surface area contributed by atoms with Crippen molar-refractivity contribution in [3.05, 3.63) is 44.8 Å². The Hall–Kier alpha value is -1.56. The predicted molar refractivity (Wildman–Crippen MR) is 80.7 cm³/mol. The predicted octanol–water partition coefficient (Wildman–Crippen LogP) is 3.34. The summed E-state index contributed by atoms with van der Waals surface area (Å²) in [6.45, 7) is 4.40. The van der Waals surface area contributed by atoms with Gasteiger partial charge in [-0.3, -0.25) is 0 Å². The molecule has 0 radical (unpaired) electrons. The van der Waals surface area contributed by atoms with Gasteiger partial charge in [0.15, 0.2) is 0 Å². The Labute approximate surface area is 109 Å². The minimum absolute atomic E-state index is 1.18. The molecule has 0 fully saturated rings. The monoisotopic (exact) mass is 236 g/mol. The van der Waals surface area contributed by atoms with Gasteiger partial charge in [0.05, 0.1) is 0 Å². The van der Waals surface area contributed by atoms with Gasteiger partial charge in [0.25, 0.3) is 0 Å². The molecule has 0 atom stereocenters. The van der Waals surface area contributed by atoms with Crippen LogP contribution in [0, 0.1) is 6.92 Å². The van der Waals surface area contributed by atoms with Crippen molar-refractivity contribution >= 4 is 24.3 Å². The molecule has 0 heterocycles. The maximum atomic E-state index is 2.43. The third kappa shape index (κ3) is 1.68. The van der Waals surface area contributed by atoms with Gasteiger partial charge in [0.1, 0.15) is 0 Å². The highest BCUT2D eigenvalue weighted by Gasteiger charge is 2.14. The Kier molecular flexibility index (Phi) is 2.95. The molecule has 2 aliphatic rings. The third-order valence-electron chi connectivity index (χ3n) is 4.09. The first-order valence-corrected chi connectivity index (χ1v) is 6.98. The van der Waals surface area contributed by atoms with Gasteiger partial charge in [-0.25, -0.2) is 0 Å². The van der Waals surface area contributed by atoms with E-state index in [-0.39, 0.29) is 0 Å². The molecule has 0 aliphatic heterocycles. The van der Waals surface area contributed by atoms with Crippen LogP contribution in [0.3, 0.4) is 0 Å². The fourth-order valence-corrected chi connectivity index (χ4v) is 3.24. The van der Waals surface area contributed by atoms with Crippen molar-refractivity contribution < 1.29 is 0 Å². The van der Waals surface area contributed by atoms with Crippen LogP contribution in [0.25, 0.3) is 24.3 Å². The van der Waals surface area contributed by atoms with E-state index in [0.717, 1.165) is 0 Å². The van der Waals surface area contributed by atoms with E-state index < -0.39 is 0 Å². The van der Waals surface area contributed by atoms with E-state index in [4.69, 9.17) is 0 Å². The molecule has 18 heavy (non-hydrogen) atoms. The van der Waals surface area contributed by atoms with Crippen LogP contribution in [-0.2, 0) is 6.42 Å². The second-order valence-corrected chi connectivity index (χ2v) is 5.18. The standard InChI is InChI=1S/C18H20/c1-3-8-14-13(2)15-9-4-5-11-17(15)18-12-7-6-10-16(14)18/h3,5,8,10-12H,4,6-7,9H2,1-2H3. The van der Waals surface area contributed by atoms with Crippen molar-refractivity contribution in [1.82, 2.24) is 0 Å². The lowest BCUT2D eigenvalue weighted by Crippen LogP contribution is -2.34. The van der Waals surface area contributed by atoms with Crippen LogP contribution in [0.2, 0.25) is 0 Å². The van der Waals surface area contributed by atoms with E-state index in [1.165, 1.54) is 52.8 Å². The molecule has 0 N–H and O–H groups in total. The van der Waals surface area contributed by atoms with Gasteiger partial charge in [-0.1, -0.05) is 36.5 Å². The number of hydrogen-bond acceptors (Lipinski definition) is 0. The van der Waals surface area contributed by atoms with E-state index in [1.807, 2.05) is 0 Å². The molecule has 0 saturated heterocycles. The first kappa shape index (κ1) is 11.5. The summed E-state index contributed by atoms with van der Waals surface area (Å²) in [5.41, 5.74) is 5.98. The van der Waals surface area contributed by atoms with Gasteiger partial charge in [-0.2, -0.15) is 0 Å². The van der Waals surface area contributed by atoms with Crippen LogP contribution in [-0.4, -0.2) is 0 Å². The maximum Gasteiger partial charge on any atom is -0.0146 e. The summed E-state index contributed by atoms with van der Waals surface area (Å²) in [6.07, 6.45) is 18.7. The van der Waals surface area contributed by atoms with Crippen molar-refractivity contribution in [2.75, 3.05) is 0 Å². The highest BCUT2D eigenvalue weighted by Crippen LogP contribution is 2.22. The molecular formula is C18H20. The van der Waals surface area contributed by atoms with Gasteiger partial charge in [-0.15, -0.1) is 0 Å². The summed E-state index contributed by atoms with van der Waals surface area (Å²) in [4.78, 5) is 0. The fraction of sp³-hybridized carbons (Fsp3) is 0.333. The summed E-state index contributed by atoms with van der Waals surface area (Å²) in [5.74, 6) is 0. The maximum absolute atomic E-state index is 2.43. The van der Waals surface area contributed by atoms with E-state index in [0.29, 0.717) is 0 Å². The normalized spacial score (nSPS) is 17.0. The summed E-state index contributed by atoms with van der Waals surface area (Å²) in [6, 6.07) is 0. The SMILES string of the molecule is CC=Cc1c(C)c2c(c3c1=CCCC=3)C=CCC2. The second-order valence-electron chi connectivity index (χ2n) is 5.18. The average molecular weight is 236 g/mol. The first-order valence-electron chi connectivity index (χ1n) is 6.98. The number of rotatable bonds is 1. The van der Waals surface area contributed by atoms with E-state index in [2.05, 4.69) is 50.3 Å². The molecule has 1 aromatic carbocycles. The van der Waals surface area contributed by atoms with Crippen molar-refractivity contribution in [3.63, 3.8) is 0 Å². The van der Waals surface area contributed by atoms with E-state index in [9.17, 15) is 0 Å². The lowest BCUT2D eigenvalue weighted by Gasteiger charge is -2.19. The Bertz CT molecular complexity index is 641. The quantitative estimate of drug-likeness (QED) is 0.701. The molecule has 0 saturated carbocycles. The Balaban J connectivity index is 2.48. The first-order chi connectivity index (χ1) is 8.83. The van der Waals surface area contributed by atoms with Gasteiger partial charge in [-0.05, 0) is 72.2 Å². The van der Waals surface area contributed by atoms with Gasteiger partial charge in [0, 0.05) is 0 Å². The van der Waals surface area contributed by atoms with Crippen molar-refractivity contribution in [2.45, 2.75) is 39.5 Å². The fourth-order valence-electron chi connectivity index (χ4n) is 3.24. The molecule has 0 spiro atoms. The molecule has 2 aliphatic carbocycles. The van der Waals surface area contributed by atoms with Gasteiger partial charge in [0.2, 0.25) is 0 Å². The van der Waals surface area contributed by atoms with Crippen molar-refractivity contribution in [1.29, 1.82) is 0 Å². The van der Waals surface area contributed by atoms with Gasteiger partial charge < -0.3 is 0 Å². The zero-order valence-corrected chi connectivity index (χ0v) is 11.3. The van der Waals surface area contributed by atoms with Crippen LogP contribution < -0.4 is 10.4 Å². The van der Waals surface area contributed by atoms with Crippen LogP contribution in [0.1, 0.15) is 48.4 Å². The molecule has 0 nitrogen and oxygen atoms in total. The molecule has 1 aromatic rings. The van der Waals surface area contributed by atoms with E-state index in [1.54, 1.807) is 5.56 Å². The number of fused-ring (bicyclic) bond motifs is 3. The smallest absolute Gasteiger partial charge is 0.0146 e. The molecule has 0 aromatic heterocycles. The largest absolute Gasteiger partial charge is 0.0870 e. The Morgan fingerprint density at radius 1 is 1.06 bits per heavy atom. The second kappa shape index (κ2) is 4.61. The van der Waals surface area contributed by atoms with Crippen molar-refractivity contribution in [2.24, 2.45) is 0 Å². The number of allylic oxidation sites excluding steroid dienone is 2. The van der Waals surface area contributed by atoms with Crippen LogP contribution in [0.5, 0.6) is 0 Å².